The van der Waals surface area contributed by atoms with Crippen LogP contribution >= 0.6 is 11.6 Å². The lowest BCUT2D eigenvalue weighted by Gasteiger charge is -2.40. The molecule has 1 N–H and O–H groups in total. The van der Waals surface area contributed by atoms with E-state index < -0.39 is 0 Å². The zero-order chi connectivity index (χ0) is 36.5. The van der Waals surface area contributed by atoms with E-state index in [9.17, 15) is 20.0 Å². The number of rotatable bonds is 7. The number of benzene rings is 4. The number of morpholine rings is 1. The molecule has 0 radical (unpaired) electrons. The smallest absolute Gasteiger partial charge is 0.264 e. The number of carbonyl (C=O) groups excluding carboxylic acids is 2. The summed E-state index contributed by atoms with van der Waals surface area (Å²) >= 11 is 6.71. The molecule has 1 fully saturated rings. The number of phenols is 1. The molecular weight excluding hydrogens is 686 g/mol. The molecule has 268 valence electrons. The number of ether oxygens (including phenoxy) is 1. The average Bonchev–Trinajstić information content (AvgIpc) is 3.58. The lowest BCUT2D eigenvalue weighted by atomic mass is 9.92. The number of anilines is 2. The van der Waals surface area contributed by atoms with Gasteiger partial charge in [-0.05, 0) is 97.5 Å². The van der Waals surface area contributed by atoms with E-state index in [-0.39, 0.29) is 23.6 Å². The summed E-state index contributed by atoms with van der Waals surface area (Å²) < 4.78 is 7.79. The maximum atomic E-state index is 15.0. The number of halogens is 1. The topological polar surface area (TPSA) is 102 Å². The summed E-state index contributed by atoms with van der Waals surface area (Å²) in [6, 6.07) is 31.3. The molecule has 1 saturated heterocycles. The first-order valence-corrected chi connectivity index (χ1v) is 18.6. The minimum Gasteiger partial charge on any atom is -0.508 e. The van der Waals surface area contributed by atoms with Crippen LogP contribution in [-0.2, 0) is 30.7 Å². The molecule has 4 heterocycles. The van der Waals surface area contributed by atoms with E-state index in [1.54, 1.807) is 42.5 Å². The van der Waals surface area contributed by atoms with E-state index in [2.05, 4.69) is 33.7 Å². The van der Waals surface area contributed by atoms with Gasteiger partial charge in [-0.2, -0.15) is 5.26 Å². The number of hydrogen-bond donors (Lipinski definition) is 1. The molecule has 0 spiro atoms. The van der Waals surface area contributed by atoms with E-state index in [1.165, 1.54) is 22.6 Å². The molecule has 4 aromatic carbocycles. The zero-order valence-corrected chi connectivity index (χ0v) is 30.1. The highest BCUT2D eigenvalue weighted by molar-refractivity contribution is 6.31. The van der Waals surface area contributed by atoms with Gasteiger partial charge in [0.2, 0.25) is 0 Å². The summed E-state index contributed by atoms with van der Waals surface area (Å²) in [5.74, 6) is -0.304. The van der Waals surface area contributed by atoms with Crippen molar-refractivity contribution < 1.29 is 19.4 Å². The fourth-order valence-electron chi connectivity index (χ4n) is 8.08. The van der Waals surface area contributed by atoms with Crippen molar-refractivity contribution in [3.05, 3.63) is 136 Å². The number of carbonyl (C=O) groups is 2. The van der Waals surface area contributed by atoms with Gasteiger partial charge >= 0.3 is 0 Å². The molecule has 0 unspecified atom stereocenters. The van der Waals surface area contributed by atoms with Crippen molar-refractivity contribution in [3.8, 4) is 23.1 Å². The third-order valence-corrected chi connectivity index (χ3v) is 11.0. The summed E-state index contributed by atoms with van der Waals surface area (Å²) in [5.41, 5.74) is 7.08. The first-order valence-electron chi connectivity index (χ1n) is 18.2. The Bertz CT molecular complexity index is 2220. The molecule has 9 nitrogen and oxygen atoms in total. The zero-order valence-electron chi connectivity index (χ0n) is 29.4. The highest BCUT2D eigenvalue weighted by atomic mass is 35.5. The maximum Gasteiger partial charge on any atom is 0.264 e. The number of fused-ring (bicyclic) bond motifs is 2. The van der Waals surface area contributed by atoms with Crippen molar-refractivity contribution >= 4 is 34.8 Å². The van der Waals surface area contributed by atoms with E-state index in [4.69, 9.17) is 16.3 Å². The molecule has 0 aliphatic carbocycles. The Hall–Kier alpha value is -5.40. The van der Waals surface area contributed by atoms with Crippen LogP contribution in [0.2, 0.25) is 5.02 Å². The lowest BCUT2D eigenvalue weighted by Crippen LogP contribution is -2.52. The van der Waals surface area contributed by atoms with Gasteiger partial charge in [-0.1, -0.05) is 48.0 Å². The molecule has 5 aromatic rings. The molecule has 0 bridgehead atoms. The van der Waals surface area contributed by atoms with Gasteiger partial charge in [-0.3, -0.25) is 19.4 Å². The molecule has 53 heavy (non-hydrogen) atoms. The number of aromatic nitrogens is 1. The van der Waals surface area contributed by atoms with Crippen LogP contribution in [0.25, 0.3) is 11.3 Å². The second-order valence-electron chi connectivity index (χ2n) is 13.9. The lowest BCUT2D eigenvalue weighted by molar-refractivity contribution is 0.0193. The van der Waals surface area contributed by atoms with Crippen LogP contribution in [0.5, 0.6) is 5.75 Å². The summed E-state index contributed by atoms with van der Waals surface area (Å²) in [5, 5.41) is 20.6. The standard InChI is InChI=1S/C43H40ClN5O4/c44-32-12-17-36(42(51)48-27-31-9-2-1-7-29(31)23-34(48)28-46-19-21-53-22-20-46)37(24-32)41-25-38(40-11-5-6-18-47(40)41)43(52)49(33-13-15-35(50)16-14-33)39-10-4-3-8-30(39)26-45/h1-4,7-10,12-17,24-25,34,50H,5-6,11,18-23,27-28H2/t34-/m0/s1. The maximum absolute atomic E-state index is 15.0. The fraction of sp³-hybridized carbons (Fsp3) is 0.279. The van der Waals surface area contributed by atoms with E-state index in [1.807, 2.05) is 29.2 Å². The van der Waals surface area contributed by atoms with Crippen molar-refractivity contribution in [2.75, 3.05) is 37.7 Å². The predicted octanol–water partition coefficient (Wildman–Crippen LogP) is 7.60. The first-order chi connectivity index (χ1) is 25.9. The molecular formula is C43H40ClN5O4. The third kappa shape index (κ3) is 6.82. The highest BCUT2D eigenvalue weighted by Gasteiger charge is 2.35. The Labute approximate surface area is 314 Å². The largest absolute Gasteiger partial charge is 0.508 e. The van der Waals surface area contributed by atoms with Crippen LogP contribution in [0.1, 0.15) is 55.9 Å². The second kappa shape index (κ2) is 14.9. The minimum atomic E-state index is -0.302. The van der Waals surface area contributed by atoms with Gasteiger partial charge in [-0.15, -0.1) is 0 Å². The number of aromatic hydroxyl groups is 1. The minimum absolute atomic E-state index is 0.0310. The predicted molar refractivity (Wildman–Crippen MR) is 205 cm³/mol. The van der Waals surface area contributed by atoms with Crippen molar-refractivity contribution in [1.82, 2.24) is 14.4 Å². The monoisotopic (exact) mass is 725 g/mol. The van der Waals surface area contributed by atoms with Crippen LogP contribution in [0, 0.1) is 11.3 Å². The summed E-state index contributed by atoms with van der Waals surface area (Å²) in [6.45, 7) is 4.98. The molecule has 3 aliphatic heterocycles. The van der Waals surface area contributed by atoms with Crippen LogP contribution < -0.4 is 4.90 Å². The molecule has 0 saturated carbocycles. The van der Waals surface area contributed by atoms with Crippen LogP contribution in [0.3, 0.4) is 0 Å². The average molecular weight is 726 g/mol. The van der Waals surface area contributed by atoms with Crippen LogP contribution in [0.4, 0.5) is 11.4 Å². The quantitative estimate of drug-likeness (QED) is 0.186. The van der Waals surface area contributed by atoms with Gasteiger partial charge in [0.05, 0.1) is 30.0 Å². The van der Waals surface area contributed by atoms with Gasteiger partial charge in [0.1, 0.15) is 11.8 Å². The normalized spacial score (nSPS) is 17.1. The molecule has 2 amide bonds. The van der Waals surface area contributed by atoms with Crippen molar-refractivity contribution in [2.45, 2.75) is 44.8 Å². The summed E-state index contributed by atoms with van der Waals surface area (Å²) in [6.07, 6.45) is 3.28. The Morgan fingerprint density at radius 2 is 1.64 bits per heavy atom. The van der Waals surface area contributed by atoms with Gasteiger partial charge in [0.25, 0.3) is 11.8 Å². The van der Waals surface area contributed by atoms with Crippen LogP contribution in [-0.4, -0.2) is 70.2 Å². The molecule has 1 aromatic heterocycles. The Kier molecular flexibility index (Phi) is 9.76. The number of phenolic OH excluding ortho intramolecular Hbond substituents is 1. The van der Waals surface area contributed by atoms with Gasteiger partial charge in [0, 0.05) is 72.0 Å². The number of amides is 2. The number of nitriles is 1. The van der Waals surface area contributed by atoms with Gasteiger partial charge in [-0.25, -0.2) is 0 Å². The Morgan fingerprint density at radius 3 is 2.43 bits per heavy atom. The Morgan fingerprint density at radius 1 is 0.887 bits per heavy atom. The highest BCUT2D eigenvalue weighted by Crippen LogP contribution is 2.39. The molecule has 10 heteroatoms. The van der Waals surface area contributed by atoms with E-state index in [0.29, 0.717) is 71.4 Å². The summed E-state index contributed by atoms with van der Waals surface area (Å²) in [7, 11) is 0. The van der Waals surface area contributed by atoms with Crippen molar-refractivity contribution in [2.24, 2.45) is 0 Å². The Balaban J connectivity index is 1.22. The van der Waals surface area contributed by atoms with Crippen LogP contribution in [0.15, 0.2) is 97.1 Å². The van der Waals surface area contributed by atoms with E-state index >= 15 is 0 Å². The van der Waals surface area contributed by atoms with Crippen molar-refractivity contribution in [1.29, 1.82) is 5.26 Å². The number of hydrogen-bond acceptors (Lipinski definition) is 6. The fourth-order valence-corrected chi connectivity index (χ4v) is 8.25. The molecule has 1 atom stereocenters. The first kappa shape index (κ1) is 34.7. The number of nitrogens with zero attached hydrogens (tertiary/aromatic N) is 5. The van der Waals surface area contributed by atoms with Gasteiger partial charge < -0.3 is 19.3 Å². The second-order valence-corrected chi connectivity index (χ2v) is 14.4. The third-order valence-electron chi connectivity index (χ3n) is 10.7. The number of para-hydroxylation sites is 1. The SMILES string of the molecule is N#Cc1ccccc1N(C(=O)c1cc(-c2cc(Cl)ccc2C(=O)N2Cc3ccccc3C[C@H]2CN2CCOCC2)n2c1CCCC2)c1ccc(O)cc1. The van der Waals surface area contributed by atoms with Gasteiger partial charge in [0.15, 0.2) is 0 Å². The van der Waals surface area contributed by atoms with Crippen molar-refractivity contribution in [3.63, 3.8) is 0 Å². The summed E-state index contributed by atoms with van der Waals surface area (Å²) in [4.78, 5) is 35.8. The van der Waals surface area contributed by atoms with E-state index in [0.717, 1.165) is 55.8 Å². The molecule has 3 aliphatic rings. The molecule has 8 rings (SSSR count).